The highest BCUT2D eigenvalue weighted by molar-refractivity contribution is 7.89. The third kappa shape index (κ3) is 5.20. The van der Waals surface area contributed by atoms with Crippen molar-refractivity contribution >= 4 is 20.0 Å². The number of sulfonamides is 2. The van der Waals surface area contributed by atoms with Crippen LogP contribution >= 0.6 is 0 Å². The summed E-state index contributed by atoms with van der Waals surface area (Å²) in [4.78, 5) is 0.210. The second kappa shape index (κ2) is 7.36. The molecule has 0 heterocycles. The third-order valence-electron chi connectivity index (χ3n) is 3.09. The standard InChI is InChI=1S/C14H22N2O4S2/c1-5-9-16(21(4,17)18)10-8-15-22(19,20)14-11-12(2)6-7-13(14)3/h5-7,11,15H,1,8-10H2,2-4H3. The van der Waals surface area contributed by atoms with Gasteiger partial charge in [0.15, 0.2) is 0 Å². The summed E-state index contributed by atoms with van der Waals surface area (Å²) in [6.07, 6.45) is 2.54. The highest BCUT2D eigenvalue weighted by atomic mass is 32.2. The van der Waals surface area contributed by atoms with Gasteiger partial charge in [-0.05, 0) is 31.0 Å². The maximum absolute atomic E-state index is 12.3. The van der Waals surface area contributed by atoms with Crippen LogP contribution < -0.4 is 4.72 Å². The Labute approximate surface area is 132 Å². The molecule has 0 aliphatic heterocycles. The molecule has 0 aliphatic carbocycles. The van der Waals surface area contributed by atoms with Crippen molar-refractivity contribution in [1.29, 1.82) is 0 Å². The summed E-state index contributed by atoms with van der Waals surface area (Å²) in [5, 5.41) is 0. The molecule has 1 rings (SSSR count). The van der Waals surface area contributed by atoms with Crippen LogP contribution in [0.4, 0.5) is 0 Å². The minimum Gasteiger partial charge on any atom is -0.212 e. The van der Waals surface area contributed by atoms with E-state index in [9.17, 15) is 16.8 Å². The first-order chi connectivity index (χ1) is 10.1. The molecule has 6 nitrogen and oxygen atoms in total. The van der Waals surface area contributed by atoms with E-state index in [2.05, 4.69) is 11.3 Å². The molecule has 0 fully saturated rings. The number of hydrogen-bond donors (Lipinski definition) is 1. The lowest BCUT2D eigenvalue weighted by molar-refractivity contribution is 0.447. The predicted octanol–water partition coefficient (Wildman–Crippen LogP) is 1.03. The van der Waals surface area contributed by atoms with Crippen LogP contribution in [0.5, 0.6) is 0 Å². The van der Waals surface area contributed by atoms with E-state index in [4.69, 9.17) is 0 Å². The van der Waals surface area contributed by atoms with Crippen LogP contribution in [-0.2, 0) is 20.0 Å². The maximum atomic E-state index is 12.3. The Hall–Kier alpha value is -1.22. The number of nitrogens with zero attached hydrogens (tertiary/aromatic N) is 1. The molecule has 0 saturated heterocycles. The Morgan fingerprint density at radius 1 is 1.23 bits per heavy atom. The molecule has 0 aliphatic rings. The summed E-state index contributed by atoms with van der Waals surface area (Å²) in [5.74, 6) is 0. The van der Waals surface area contributed by atoms with Gasteiger partial charge < -0.3 is 0 Å². The highest BCUT2D eigenvalue weighted by Crippen LogP contribution is 2.16. The molecule has 0 amide bonds. The summed E-state index contributed by atoms with van der Waals surface area (Å²) < 4.78 is 51.3. The Kier molecular flexibility index (Phi) is 6.30. The van der Waals surface area contributed by atoms with Crippen LogP contribution in [-0.4, -0.2) is 47.0 Å². The molecule has 124 valence electrons. The Bertz CT molecular complexity index is 740. The van der Waals surface area contributed by atoms with E-state index >= 15 is 0 Å². The smallest absolute Gasteiger partial charge is 0.212 e. The zero-order valence-corrected chi connectivity index (χ0v) is 14.7. The first-order valence-electron chi connectivity index (χ1n) is 6.71. The van der Waals surface area contributed by atoms with Crippen molar-refractivity contribution in [3.8, 4) is 0 Å². The van der Waals surface area contributed by atoms with E-state index in [1.54, 1.807) is 19.1 Å². The first kappa shape index (κ1) is 18.8. The van der Waals surface area contributed by atoms with Crippen LogP contribution in [0.3, 0.4) is 0 Å². The average Bonchev–Trinajstić information content (AvgIpc) is 2.39. The fraction of sp³-hybridized carbons (Fsp3) is 0.429. The SMILES string of the molecule is C=CCN(CCNS(=O)(=O)c1cc(C)ccc1C)S(C)(=O)=O. The molecule has 1 aromatic carbocycles. The van der Waals surface area contributed by atoms with Crippen molar-refractivity contribution in [1.82, 2.24) is 9.03 Å². The van der Waals surface area contributed by atoms with Crippen molar-refractivity contribution in [2.24, 2.45) is 0 Å². The number of nitrogens with one attached hydrogen (secondary N) is 1. The normalized spacial score (nSPS) is 12.5. The van der Waals surface area contributed by atoms with Gasteiger partial charge in [0, 0.05) is 19.6 Å². The van der Waals surface area contributed by atoms with Gasteiger partial charge in [0.2, 0.25) is 20.0 Å². The summed E-state index contributed by atoms with van der Waals surface area (Å²) in [5.41, 5.74) is 1.49. The van der Waals surface area contributed by atoms with Crippen LogP contribution in [0, 0.1) is 13.8 Å². The number of benzene rings is 1. The van der Waals surface area contributed by atoms with Crippen molar-refractivity contribution in [3.63, 3.8) is 0 Å². The van der Waals surface area contributed by atoms with Crippen molar-refractivity contribution in [2.75, 3.05) is 25.9 Å². The Morgan fingerprint density at radius 3 is 2.41 bits per heavy atom. The predicted molar refractivity (Wildman–Crippen MR) is 87.7 cm³/mol. The van der Waals surface area contributed by atoms with Gasteiger partial charge in [0.25, 0.3) is 0 Å². The fourth-order valence-electron chi connectivity index (χ4n) is 1.92. The Morgan fingerprint density at radius 2 is 1.86 bits per heavy atom. The molecule has 0 radical (unpaired) electrons. The minimum absolute atomic E-state index is 0.00335. The molecular weight excluding hydrogens is 324 g/mol. The molecule has 1 N–H and O–H groups in total. The number of hydrogen-bond acceptors (Lipinski definition) is 4. The second-order valence-electron chi connectivity index (χ2n) is 5.08. The molecule has 0 saturated carbocycles. The molecule has 0 spiro atoms. The minimum atomic E-state index is -3.67. The van der Waals surface area contributed by atoms with Gasteiger partial charge in [0.05, 0.1) is 11.2 Å². The van der Waals surface area contributed by atoms with Crippen LogP contribution in [0.15, 0.2) is 35.7 Å². The second-order valence-corrected chi connectivity index (χ2v) is 8.79. The Balaban J connectivity index is 2.82. The van der Waals surface area contributed by atoms with Crippen LogP contribution in [0.1, 0.15) is 11.1 Å². The molecule has 1 aromatic rings. The summed E-state index contributed by atoms with van der Waals surface area (Å²) in [6.45, 7) is 7.22. The van der Waals surface area contributed by atoms with Crippen LogP contribution in [0.2, 0.25) is 0 Å². The quantitative estimate of drug-likeness (QED) is 0.713. The fourth-order valence-corrected chi connectivity index (χ4v) is 4.06. The van der Waals surface area contributed by atoms with Crippen LogP contribution in [0.25, 0.3) is 0 Å². The summed E-state index contributed by atoms with van der Waals surface area (Å²) in [7, 11) is -7.06. The van der Waals surface area contributed by atoms with Gasteiger partial charge in [-0.1, -0.05) is 18.2 Å². The molecule has 8 heteroatoms. The first-order valence-corrected chi connectivity index (χ1v) is 10.0. The zero-order chi connectivity index (χ0) is 17.0. The number of rotatable bonds is 8. The van der Waals surface area contributed by atoms with Gasteiger partial charge in [-0.3, -0.25) is 0 Å². The molecule has 0 atom stereocenters. The van der Waals surface area contributed by atoms with E-state index in [1.165, 1.54) is 6.08 Å². The van der Waals surface area contributed by atoms with Gasteiger partial charge >= 0.3 is 0 Å². The topological polar surface area (TPSA) is 83.6 Å². The van der Waals surface area contributed by atoms with Gasteiger partial charge in [-0.25, -0.2) is 21.6 Å². The number of aryl methyl sites for hydroxylation is 2. The molecule has 0 bridgehead atoms. The largest absolute Gasteiger partial charge is 0.240 e. The van der Waals surface area contributed by atoms with Crippen molar-refractivity contribution < 1.29 is 16.8 Å². The van der Waals surface area contributed by atoms with E-state index in [1.807, 2.05) is 13.0 Å². The summed E-state index contributed by atoms with van der Waals surface area (Å²) in [6, 6.07) is 5.17. The monoisotopic (exact) mass is 346 g/mol. The lowest BCUT2D eigenvalue weighted by Crippen LogP contribution is -2.38. The highest BCUT2D eigenvalue weighted by Gasteiger charge is 2.19. The molecule has 22 heavy (non-hydrogen) atoms. The lowest BCUT2D eigenvalue weighted by Gasteiger charge is -2.18. The molecular formula is C14H22N2O4S2. The van der Waals surface area contributed by atoms with Crippen molar-refractivity contribution in [2.45, 2.75) is 18.7 Å². The molecule has 0 unspecified atom stereocenters. The van der Waals surface area contributed by atoms with Gasteiger partial charge in [-0.2, -0.15) is 4.31 Å². The lowest BCUT2D eigenvalue weighted by atomic mass is 10.2. The zero-order valence-electron chi connectivity index (χ0n) is 13.0. The maximum Gasteiger partial charge on any atom is 0.240 e. The van der Waals surface area contributed by atoms with E-state index < -0.39 is 20.0 Å². The third-order valence-corrected chi connectivity index (χ3v) is 5.96. The van der Waals surface area contributed by atoms with Gasteiger partial charge in [-0.15, -0.1) is 6.58 Å². The van der Waals surface area contributed by atoms with E-state index in [-0.39, 0.29) is 24.5 Å². The van der Waals surface area contributed by atoms with E-state index in [0.717, 1.165) is 16.1 Å². The summed E-state index contributed by atoms with van der Waals surface area (Å²) >= 11 is 0. The average molecular weight is 346 g/mol. The van der Waals surface area contributed by atoms with Crippen molar-refractivity contribution in [3.05, 3.63) is 42.0 Å². The molecule has 0 aromatic heterocycles. The van der Waals surface area contributed by atoms with Gasteiger partial charge in [0.1, 0.15) is 0 Å². The van der Waals surface area contributed by atoms with E-state index in [0.29, 0.717) is 5.56 Å².